The Balaban J connectivity index is 2.80. The van der Waals surface area contributed by atoms with Crippen molar-refractivity contribution in [3.8, 4) is 0 Å². The van der Waals surface area contributed by atoms with Crippen molar-refractivity contribution >= 4 is 53.1 Å². The van der Waals surface area contributed by atoms with Crippen LogP contribution in [0.3, 0.4) is 0 Å². The van der Waals surface area contributed by atoms with E-state index in [1.807, 2.05) is 0 Å². The molecule has 6 N–H and O–H groups in total. The highest BCUT2D eigenvalue weighted by atomic mass is 16.6. The first kappa shape index (κ1) is 41.5. The van der Waals surface area contributed by atoms with E-state index in [2.05, 4.69) is 31.9 Å². The van der Waals surface area contributed by atoms with E-state index in [9.17, 15) is 28.8 Å². The number of amides is 6. The second kappa shape index (κ2) is 19.3. The van der Waals surface area contributed by atoms with E-state index >= 15 is 0 Å². The monoisotopic (exact) mass is 678 g/mol. The smallest absolute Gasteiger partial charge is 0.407 e. The second-order valence-electron chi connectivity index (χ2n) is 14.0. The lowest BCUT2D eigenvalue weighted by atomic mass is 10.2. The van der Waals surface area contributed by atoms with Gasteiger partial charge in [-0.15, -0.1) is 0 Å². The number of nitrogens with one attached hydrogen (secondary N) is 6. The molecule has 0 spiro atoms. The van der Waals surface area contributed by atoms with Gasteiger partial charge in [0.25, 0.3) is 0 Å². The number of hydrogen-bond donors (Lipinski definition) is 6. The molecule has 1 aromatic rings. The predicted octanol–water partition coefficient (Wildman–Crippen LogP) is 5.42. The van der Waals surface area contributed by atoms with E-state index in [0.29, 0.717) is 36.3 Å². The van der Waals surface area contributed by atoms with Crippen LogP contribution >= 0.6 is 0 Å². The Morgan fingerprint density at radius 1 is 0.458 bits per heavy atom. The molecule has 48 heavy (non-hydrogen) atoms. The van der Waals surface area contributed by atoms with Crippen LogP contribution in [-0.4, -0.2) is 72.4 Å². The van der Waals surface area contributed by atoms with Gasteiger partial charge in [-0.1, -0.05) is 0 Å². The van der Waals surface area contributed by atoms with E-state index in [0.717, 1.165) is 0 Å². The summed E-state index contributed by atoms with van der Waals surface area (Å²) < 4.78 is 15.5. The van der Waals surface area contributed by atoms with Crippen molar-refractivity contribution in [1.82, 2.24) is 16.0 Å². The van der Waals surface area contributed by atoms with Gasteiger partial charge in [0.15, 0.2) is 0 Å². The van der Waals surface area contributed by atoms with Gasteiger partial charge in [-0.25, -0.2) is 14.4 Å². The van der Waals surface area contributed by atoms with Crippen molar-refractivity contribution in [3.05, 3.63) is 18.2 Å². The summed E-state index contributed by atoms with van der Waals surface area (Å²) in [5, 5.41) is 16.1. The Morgan fingerprint density at radius 2 is 0.688 bits per heavy atom. The average molecular weight is 679 g/mol. The summed E-state index contributed by atoms with van der Waals surface area (Å²) in [6, 6.07) is 4.65. The van der Waals surface area contributed by atoms with Crippen LogP contribution in [0.5, 0.6) is 0 Å². The van der Waals surface area contributed by atoms with Gasteiger partial charge in [0.2, 0.25) is 17.7 Å². The van der Waals surface area contributed by atoms with Gasteiger partial charge in [-0.05, 0) is 99.8 Å². The molecular weight excluding hydrogens is 624 g/mol. The Bertz CT molecular complexity index is 1100. The van der Waals surface area contributed by atoms with Gasteiger partial charge in [-0.2, -0.15) is 0 Å². The maximum atomic E-state index is 12.7. The van der Waals surface area contributed by atoms with Gasteiger partial charge in [0, 0.05) is 56.0 Å². The average Bonchev–Trinajstić information content (AvgIpc) is 2.88. The summed E-state index contributed by atoms with van der Waals surface area (Å²) in [6.45, 7) is 16.4. The van der Waals surface area contributed by atoms with Crippen molar-refractivity contribution in [2.24, 2.45) is 0 Å². The highest BCUT2D eigenvalue weighted by Gasteiger charge is 2.18. The molecule has 0 aromatic heterocycles. The van der Waals surface area contributed by atoms with E-state index in [1.54, 1.807) is 80.5 Å². The van der Waals surface area contributed by atoms with Crippen LogP contribution in [0, 0.1) is 0 Å². The van der Waals surface area contributed by atoms with Gasteiger partial charge in [0.1, 0.15) is 16.8 Å². The van der Waals surface area contributed by atoms with Crippen LogP contribution in [0.2, 0.25) is 0 Å². The molecule has 1 aromatic carbocycles. The first-order valence-corrected chi connectivity index (χ1v) is 16.1. The lowest BCUT2D eigenvalue weighted by molar-refractivity contribution is -0.117. The van der Waals surface area contributed by atoms with Crippen LogP contribution in [0.25, 0.3) is 0 Å². The number of ether oxygens (including phenoxy) is 3. The number of alkyl carbamates (subject to hydrolysis) is 3. The number of carbonyl (C=O) groups is 6. The quantitative estimate of drug-likeness (QED) is 0.103. The number of carbonyl (C=O) groups excluding carboxylic acids is 6. The number of benzene rings is 1. The van der Waals surface area contributed by atoms with E-state index < -0.39 is 35.1 Å². The summed E-state index contributed by atoms with van der Waals surface area (Å²) in [4.78, 5) is 73.5. The second-order valence-corrected chi connectivity index (χ2v) is 14.0. The molecule has 0 radical (unpaired) electrons. The van der Waals surface area contributed by atoms with Gasteiger partial charge in [-0.3, -0.25) is 14.4 Å². The Morgan fingerprint density at radius 3 is 0.896 bits per heavy atom. The zero-order valence-corrected chi connectivity index (χ0v) is 29.8. The summed E-state index contributed by atoms with van der Waals surface area (Å²) in [5.41, 5.74) is -0.932. The van der Waals surface area contributed by atoms with E-state index in [1.165, 1.54) is 0 Å². The summed E-state index contributed by atoms with van der Waals surface area (Å²) in [6.07, 6.45) is -0.427. The molecule has 0 aliphatic heterocycles. The molecule has 0 heterocycles. The van der Waals surface area contributed by atoms with Gasteiger partial charge < -0.3 is 46.1 Å². The highest BCUT2D eigenvalue weighted by Crippen LogP contribution is 2.24. The summed E-state index contributed by atoms with van der Waals surface area (Å²) >= 11 is 0. The van der Waals surface area contributed by atoms with Crippen molar-refractivity contribution in [2.45, 2.75) is 118 Å². The zero-order chi connectivity index (χ0) is 36.5. The largest absolute Gasteiger partial charge is 0.444 e. The Hall–Kier alpha value is -4.56. The van der Waals surface area contributed by atoms with Crippen molar-refractivity contribution < 1.29 is 43.0 Å². The normalized spacial score (nSPS) is 11.4. The Kier molecular flexibility index (Phi) is 16.7. The fraction of sp³-hybridized carbons (Fsp3) is 0.636. The third-order valence-corrected chi connectivity index (χ3v) is 5.53. The Labute approximate surface area is 283 Å². The molecule has 0 saturated carbocycles. The topological polar surface area (TPSA) is 202 Å². The van der Waals surface area contributed by atoms with Crippen LogP contribution < -0.4 is 31.9 Å². The summed E-state index contributed by atoms with van der Waals surface area (Å²) in [7, 11) is 0. The third kappa shape index (κ3) is 22.0. The molecular formula is C33H54N6O9. The van der Waals surface area contributed by atoms with Gasteiger partial charge >= 0.3 is 18.3 Å². The molecule has 0 aliphatic rings. The van der Waals surface area contributed by atoms with Crippen LogP contribution in [-0.2, 0) is 28.6 Å². The highest BCUT2D eigenvalue weighted by molar-refractivity contribution is 5.97. The molecule has 1 rings (SSSR count). The summed E-state index contributed by atoms with van der Waals surface area (Å²) in [5.74, 6) is -1.03. The fourth-order valence-electron chi connectivity index (χ4n) is 3.78. The fourth-order valence-corrected chi connectivity index (χ4v) is 3.78. The molecule has 15 heteroatoms. The minimum Gasteiger partial charge on any atom is -0.444 e. The van der Waals surface area contributed by atoms with Crippen molar-refractivity contribution in [3.63, 3.8) is 0 Å². The van der Waals surface area contributed by atoms with Gasteiger partial charge in [0.05, 0.1) is 0 Å². The van der Waals surface area contributed by atoms with E-state index in [-0.39, 0.29) is 56.6 Å². The molecule has 0 unspecified atom stereocenters. The van der Waals surface area contributed by atoms with Crippen LogP contribution in [0.15, 0.2) is 18.2 Å². The third-order valence-electron chi connectivity index (χ3n) is 5.53. The zero-order valence-electron chi connectivity index (χ0n) is 29.8. The molecule has 0 atom stereocenters. The number of rotatable bonds is 15. The minimum absolute atomic E-state index is 0.0867. The van der Waals surface area contributed by atoms with Crippen molar-refractivity contribution in [2.75, 3.05) is 35.6 Å². The van der Waals surface area contributed by atoms with Crippen molar-refractivity contribution in [1.29, 1.82) is 0 Å². The first-order valence-electron chi connectivity index (χ1n) is 16.1. The first-order chi connectivity index (χ1) is 22.1. The molecule has 0 aliphatic carbocycles. The minimum atomic E-state index is -0.636. The predicted molar refractivity (Wildman–Crippen MR) is 183 cm³/mol. The number of anilines is 3. The molecule has 0 saturated heterocycles. The SMILES string of the molecule is CC(C)(C)OC(=O)NCCCC(=O)Nc1cc(NC(=O)CCCNC(=O)OC(C)(C)C)cc(NC(=O)CCCNC(=O)OC(C)(C)C)c1. The lowest BCUT2D eigenvalue weighted by Gasteiger charge is -2.19. The van der Waals surface area contributed by atoms with E-state index in [4.69, 9.17) is 14.2 Å². The molecule has 6 amide bonds. The number of hydrogen-bond acceptors (Lipinski definition) is 9. The molecule has 270 valence electrons. The standard InChI is InChI=1S/C33H54N6O9/c1-31(2,3)46-28(43)34-16-10-13-25(40)37-22-19-23(38-26(41)14-11-17-35-29(44)47-32(4,5)6)21-24(20-22)39-27(42)15-12-18-36-30(45)48-33(7,8)9/h19-21H,10-18H2,1-9H3,(H,34,43)(H,35,44)(H,36,45)(H,37,40)(H,38,41)(H,39,42). The molecule has 0 fully saturated rings. The molecule has 0 bridgehead atoms. The lowest BCUT2D eigenvalue weighted by Crippen LogP contribution is -2.33. The van der Waals surface area contributed by atoms with Crippen LogP contribution in [0.1, 0.15) is 101 Å². The molecule has 15 nitrogen and oxygen atoms in total. The maximum absolute atomic E-state index is 12.7. The maximum Gasteiger partial charge on any atom is 0.407 e. The van der Waals surface area contributed by atoms with Crippen LogP contribution in [0.4, 0.5) is 31.4 Å².